The van der Waals surface area contributed by atoms with E-state index in [1.54, 1.807) is 0 Å². The summed E-state index contributed by atoms with van der Waals surface area (Å²) < 4.78 is 5.73. The molecule has 9 heteroatoms. The van der Waals surface area contributed by atoms with Gasteiger partial charge in [0.1, 0.15) is 6.10 Å². The van der Waals surface area contributed by atoms with Crippen molar-refractivity contribution >= 4 is 52.3 Å². The van der Waals surface area contributed by atoms with Crippen molar-refractivity contribution in [1.29, 1.82) is 0 Å². The first-order chi connectivity index (χ1) is 12.1. The SMILES string of the molecule is C[C@@H](CN)Oc1c(Cl)nc(Cl)nc1NCCc1c[nH]c2ccccc12.Cl. The molecule has 0 saturated heterocycles. The second kappa shape index (κ2) is 9.28. The molecule has 0 unspecified atom stereocenters. The van der Waals surface area contributed by atoms with Gasteiger partial charge in [0.05, 0.1) is 0 Å². The van der Waals surface area contributed by atoms with E-state index in [-0.39, 0.29) is 28.9 Å². The summed E-state index contributed by atoms with van der Waals surface area (Å²) in [5, 5.41) is 4.66. The van der Waals surface area contributed by atoms with Gasteiger partial charge in [0, 0.05) is 30.2 Å². The molecule has 0 fully saturated rings. The lowest BCUT2D eigenvalue weighted by atomic mass is 10.1. The number of benzene rings is 1. The van der Waals surface area contributed by atoms with Gasteiger partial charge in [-0.25, -0.2) is 4.98 Å². The highest BCUT2D eigenvalue weighted by Gasteiger charge is 2.16. The van der Waals surface area contributed by atoms with Crippen LogP contribution >= 0.6 is 35.6 Å². The molecule has 1 atom stereocenters. The fourth-order valence-corrected chi connectivity index (χ4v) is 2.95. The number of halogens is 3. The molecule has 2 heterocycles. The van der Waals surface area contributed by atoms with Crippen molar-refractivity contribution in [1.82, 2.24) is 15.0 Å². The van der Waals surface area contributed by atoms with E-state index in [9.17, 15) is 0 Å². The van der Waals surface area contributed by atoms with E-state index in [1.165, 1.54) is 10.9 Å². The predicted molar refractivity (Wildman–Crippen MR) is 109 cm³/mol. The molecule has 6 nitrogen and oxygen atoms in total. The lowest BCUT2D eigenvalue weighted by Gasteiger charge is -2.17. The quantitative estimate of drug-likeness (QED) is 0.399. The molecular formula is C17H20Cl3N5O. The van der Waals surface area contributed by atoms with Crippen molar-refractivity contribution in [3.63, 3.8) is 0 Å². The van der Waals surface area contributed by atoms with Crippen LogP contribution in [0.25, 0.3) is 10.9 Å². The Hall–Kier alpha value is -1.73. The van der Waals surface area contributed by atoms with Crippen molar-refractivity contribution in [2.45, 2.75) is 19.4 Å². The number of hydrogen-bond donors (Lipinski definition) is 3. The number of anilines is 1. The zero-order chi connectivity index (χ0) is 17.8. The molecular weight excluding hydrogens is 397 g/mol. The third kappa shape index (κ3) is 4.71. The third-order valence-electron chi connectivity index (χ3n) is 3.81. The summed E-state index contributed by atoms with van der Waals surface area (Å²) in [6.45, 7) is 2.84. The normalized spacial score (nSPS) is 11.8. The molecule has 0 amide bonds. The molecule has 26 heavy (non-hydrogen) atoms. The molecule has 0 aliphatic carbocycles. The van der Waals surface area contributed by atoms with E-state index >= 15 is 0 Å². The number of para-hydroxylation sites is 1. The number of H-pyrrole nitrogens is 1. The maximum absolute atomic E-state index is 6.15. The lowest BCUT2D eigenvalue weighted by Crippen LogP contribution is -2.24. The van der Waals surface area contributed by atoms with E-state index < -0.39 is 0 Å². The number of aromatic nitrogens is 3. The fraction of sp³-hybridized carbons (Fsp3) is 0.294. The van der Waals surface area contributed by atoms with Crippen LogP contribution in [-0.2, 0) is 6.42 Å². The molecule has 0 saturated carbocycles. The van der Waals surface area contributed by atoms with E-state index in [0.29, 0.717) is 24.7 Å². The minimum absolute atomic E-state index is 0. The Morgan fingerprint density at radius 1 is 1.27 bits per heavy atom. The van der Waals surface area contributed by atoms with Crippen LogP contribution in [0.1, 0.15) is 12.5 Å². The maximum Gasteiger partial charge on any atom is 0.226 e. The Bertz CT molecular complexity index is 871. The van der Waals surface area contributed by atoms with E-state index in [0.717, 1.165) is 11.9 Å². The van der Waals surface area contributed by atoms with Crippen LogP contribution in [0.15, 0.2) is 30.5 Å². The average molecular weight is 417 g/mol. The van der Waals surface area contributed by atoms with Crippen molar-refractivity contribution in [3.8, 4) is 5.75 Å². The number of aromatic amines is 1. The lowest BCUT2D eigenvalue weighted by molar-refractivity contribution is 0.229. The van der Waals surface area contributed by atoms with Gasteiger partial charge in [-0.3, -0.25) is 0 Å². The Kier molecular flexibility index (Phi) is 7.34. The molecule has 2 aromatic heterocycles. The minimum atomic E-state index is -0.212. The zero-order valence-electron chi connectivity index (χ0n) is 14.1. The van der Waals surface area contributed by atoms with Crippen LogP contribution in [0.3, 0.4) is 0 Å². The first kappa shape index (κ1) is 20.6. The van der Waals surface area contributed by atoms with Crippen LogP contribution < -0.4 is 15.8 Å². The number of nitrogens with two attached hydrogens (primary N) is 1. The second-order valence-electron chi connectivity index (χ2n) is 5.66. The fourth-order valence-electron chi connectivity index (χ4n) is 2.53. The maximum atomic E-state index is 6.15. The number of rotatable bonds is 7. The van der Waals surface area contributed by atoms with Crippen LogP contribution in [0.2, 0.25) is 10.4 Å². The summed E-state index contributed by atoms with van der Waals surface area (Å²) in [5.41, 5.74) is 7.94. The molecule has 4 N–H and O–H groups in total. The minimum Gasteiger partial charge on any atom is -0.483 e. The van der Waals surface area contributed by atoms with Gasteiger partial charge >= 0.3 is 0 Å². The van der Waals surface area contributed by atoms with E-state index in [2.05, 4.69) is 32.4 Å². The van der Waals surface area contributed by atoms with E-state index in [1.807, 2.05) is 25.3 Å². The van der Waals surface area contributed by atoms with Crippen LogP contribution in [0, 0.1) is 0 Å². The molecule has 1 aromatic carbocycles. The number of ether oxygens (including phenoxy) is 1. The van der Waals surface area contributed by atoms with Gasteiger partial charge in [-0.2, -0.15) is 4.98 Å². The first-order valence-electron chi connectivity index (χ1n) is 7.97. The molecule has 0 bridgehead atoms. The van der Waals surface area contributed by atoms with Crippen molar-refractivity contribution in [2.75, 3.05) is 18.4 Å². The Balaban J connectivity index is 0.00000243. The van der Waals surface area contributed by atoms with Crippen molar-refractivity contribution < 1.29 is 4.74 Å². The number of nitrogens with zero attached hydrogens (tertiary/aromatic N) is 2. The first-order valence-corrected chi connectivity index (χ1v) is 8.72. The topological polar surface area (TPSA) is 88.8 Å². The molecule has 0 aliphatic heterocycles. The Morgan fingerprint density at radius 2 is 2.04 bits per heavy atom. The molecule has 3 rings (SSSR count). The predicted octanol–water partition coefficient (Wildman–Crippen LogP) is 4.07. The highest BCUT2D eigenvalue weighted by Crippen LogP contribution is 2.32. The number of nitrogens with one attached hydrogen (secondary N) is 2. The van der Waals surface area contributed by atoms with Gasteiger partial charge in [0.2, 0.25) is 5.28 Å². The monoisotopic (exact) mass is 415 g/mol. The summed E-state index contributed by atoms with van der Waals surface area (Å²) in [6, 6.07) is 8.18. The largest absolute Gasteiger partial charge is 0.483 e. The average Bonchev–Trinajstić information content (AvgIpc) is 3.01. The summed E-state index contributed by atoms with van der Waals surface area (Å²) in [6.07, 6.45) is 2.60. The highest BCUT2D eigenvalue weighted by molar-refractivity contribution is 6.33. The van der Waals surface area contributed by atoms with Gasteiger partial charge in [0.15, 0.2) is 16.7 Å². The third-order valence-corrected chi connectivity index (χ3v) is 4.23. The Morgan fingerprint density at radius 3 is 2.81 bits per heavy atom. The van der Waals surface area contributed by atoms with Crippen LogP contribution in [0.4, 0.5) is 5.82 Å². The number of hydrogen-bond acceptors (Lipinski definition) is 5. The second-order valence-corrected chi connectivity index (χ2v) is 6.36. The standard InChI is InChI=1S/C17H19Cl2N5O.ClH/c1-10(8-20)25-14-15(18)23-17(19)24-16(14)21-7-6-11-9-22-13-5-3-2-4-12(11)13;/h2-5,9-10,22H,6-8,20H2,1H3,(H,21,23,24);1H/t10-;/m0./s1. The van der Waals surface area contributed by atoms with Crippen LogP contribution in [0.5, 0.6) is 5.75 Å². The summed E-state index contributed by atoms with van der Waals surface area (Å²) in [7, 11) is 0. The van der Waals surface area contributed by atoms with Gasteiger partial charge in [-0.1, -0.05) is 29.8 Å². The Labute approximate surface area is 167 Å². The summed E-state index contributed by atoms with van der Waals surface area (Å²) in [5.74, 6) is 0.827. The zero-order valence-corrected chi connectivity index (χ0v) is 16.5. The van der Waals surface area contributed by atoms with Gasteiger partial charge in [-0.15, -0.1) is 12.4 Å². The highest BCUT2D eigenvalue weighted by atomic mass is 35.5. The van der Waals surface area contributed by atoms with Crippen molar-refractivity contribution in [2.24, 2.45) is 5.73 Å². The smallest absolute Gasteiger partial charge is 0.226 e. The van der Waals surface area contributed by atoms with E-state index in [4.69, 9.17) is 33.7 Å². The van der Waals surface area contributed by atoms with Gasteiger partial charge < -0.3 is 20.8 Å². The van der Waals surface area contributed by atoms with Crippen LogP contribution in [-0.4, -0.2) is 34.1 Å². The molecule has 0 radical (unpaired) electrons. The van der Waals surface area contributed by atoms with Gasteiger partial charge in [0.25, 0.3) is 0 Å². The summed E-state index contributed by atoms with van der Waals surface area (Å²) >= 11 is 12.1. The summed E-state index contributed by atoms with van der Waals surface area (Å²) in [4.78, 5) is 11.4. The number of fused-ring (bicyclic) bond motifs is 1. The van der Waals surface area contributed by atoms with Crippen molar-refractivity contribution in [3.05, 3.63) is 46.5 Å². The molecule has 0 spiro atoms. The molecule has 140 valence electrons. The molecule has 0 aliphatic rings. The molecule has 3 aromatic rings. The van der Waals surface area contributed by atoms with Gasteiger partial charge in [-0.05, 0) is 36.6 Å².